The number of ether oxygens (including phenoxy) is 1. The molecule has 1 aliphatic rings. The SMILES string of the molecule is COc1cccc(/C=c2/sc3n(c2=O)CN(c2cccc([N+](=O)[O-])c2)CN=3)c1. The number of nitro benzene ring substituents is 1. The Kier molecular flexibility index (Phi) is 4.66. The second kappa shape index (κ2) is 7.28. The molecule has 1 aliphatic heterocycles. The van der Waals surface area contributed by atoms with E-state index in [1.54, 1.807) is 23.8 Å². The van der Waals surface area contributed by atoms with Crippen molar-refractivity contribution in [1.82, 2.24) is 4.57 Å². The lowest BCUT2D eigenvalue weighted by Crippen LogP contribution is -2.42. The maximum absolute atomic E-state index is 12.8. The van der Waals surface area contributed by atoms with Crippen molar-refractivity contribution in [3.05, 3.63) is 83.9 Å². The van der Waals surface area contributed by atoms with Crippen molar-refractivity contribution in [3.8, 4) is 5.75 Å². The number of rotatable bonds is 4. The normalized spacial score (nSPS) is 13.8. The van der Waals surface area contributed by atoms with Crippen LogP contribution < -0.4 is 24.5 Å². The predicted molar refractivity (Wildman–Crippen MR) is 106 cm³/mol. The summed E-state index contributed by atoms with van der Waals surface area (Å²) in [6.45, 7) is 0.626. The molecule has 2 heterocycles. The minimum atomic E-state index is -0.437. The summed E-state index contributed by atoms with van der Waals surface area (Å²) in [6, 6.07) is 13.8. The predicted octanol–water partition coefficient (Wildman–Crippen LogP) is 1.71. The molecule has 142 valence electrons. The summed E-state index contributed by atoms with van der Waals surface area (Å²) in [5.41, 5.74) is 1.39. The molecule has 0 aliphatic carbocycles. The minimum absolute atomic E-state index is 0.00742. The summed E-state index contributed by atoms with van der Waals surface area (Å²) in [6.07, 6.45) is 1.81. The molecule has 4 rings (SSSR count). The molecule has 28 heavy (non-hydrogen) atoms. The summed E-state index contributed by atoms with van der Waals surface area (Å²) >= 11 is 1.33. The number of non-ortho nitro benzene ring substituents is 1. The summed E-state index contributed by atoms with van der Waals surface area (Å²) in [5, 5.41) is 11.0. The van der Waals surface area contributed by atoms with Gasteiger partial charge in [-0.1, -0.05) is 29.5 Å². The average molecular weight is 396 g/mol. The number of fused-ring (bicyclic) bond motifs is 1. The van der Waals surface area contributed by atoms with E-state index >= 15 is 0 Å². The van der Waals surface area contributed by atoms with Crippen molar-refractivity contribution in [2.24, 2.45) is 4.99 Å². The van der Waals surface area contributed by atoms with Crippen molar-refractivity contribution < 1.29 is 9.66 Å². The van der Waals surface area contributed by atoms with Crippen LogP contribution in [-0.4, -0.2) is 23.3 Å². The van der Waals surface area contributed by atoms with Gasteiger partial charge in [-0.3, -0.25) is 19.5 Å². The molecule has 0 atom stereocenters. The molecule has 0 radical (unpaired) electrons. The van der Waals surface area contributed by atoms with Gasteiger partial charge in [0.15, 0.2) is 4.80 Å². The highest BCUT2D eigenvalue weighted by Gasteiger charge is 2.17. The lowest BCUT2D eigenvalue weighted by molar-refractivity contribution is -0.384. The zero-order valence-corrected chi connectivity index (χ0v) is 15.8. The van der Waals surface area contributed by atoms with Crippen LogP contribution in [0.2, 0.25) is 0 Å². The molecule has 8 nitrogen and oxygen atoms in total. The van der Waals surface area contributed by atoms with Gasteiger partial charge in [-0.2, -0.15) is 0 Å². The first-order chi connectivity index (χ1) is 13.5. The van der Waals surface area contributed by atoms with Gasteiger partial charge in [-0.05, 0) is 29.8 Å². The standard InChI is InChI=1S/C19H16N4O4S/c1-27-16-7-2-4-13(8-16)9-17-18(24)22-12-21(11-20-19(22)28-17)14-5-3-6-15(10-14)23(25)26/h2-10H,11-12H2,1H3/b17-9+. The van der Waals surface area contributed by atoms with E-state index in [0.29, 0.717) is 28.4 Å². The number of anilines is 1. The van der Waals surface area contributed by atoms with E-state index in [1.807, 2.05) is 35.2 Å². The molecule has 9 heteroatoms. The fourth-order valence-electron chi connectivity index (χ4n) is 2.96. The molecular weight excluding hydrogens is 380 g/mol. The molecule has 0 amide bonds. The van der Waals surface area contributed by atoms with Gasteiger partial charge in [0.1, 0.15) is 19.1 Å². The van der Waals surface area contributed by atoms with Crippen LogP contribution in [0.3, 0.4) is 0 Å². The first-order valence-corrected chi connectivity index (χ1v) is 9.26. The highest BCUT2D eigenvalue weighted by atomic mass is 32.1. The Hall–Kier alpha value is -3.46. The van der Waals surface area contributed by atoms with E-state index in [-0.39, 0.29) is 11.2 Å². The second-order valence-corrected chi connectivity index (χ2v) is 7.17. The fourth-order valence-corrected chi connectivity index (χ4v) is 3.92. The number of methoxy groups -OCH3 is 1. The van der Waals surface area contributed by atoms with Crippen molar-refractivity contribution in [1.29, 1.82) is 0 Å². The van der Waals surface area contributed by atoms with Crippen LogP contribution in [0.25, 0.3) is 6.08 Å². The third kappa shape index (κ3) is 3.39. The Morgan fingerprint density at radius 1 is 1.25 bits per heavy atom. The maximum atomic E-state index is 12.8. The Labute approximate surface area is 163 Å². The lowest BCUT2D eigenvalue weighted by Gasteiger charge is -2.25. The highest BCUT2D eigenvalue weighted by molar-refractivity contribution is 7.07. The Morgan fingerprint density at radius 2 is 2.07 bits per heavy atom. The summed E-state index contributed by atoms with van der Waals surface area (Å²) in [5.74, 6) is 0.719. The average Bonchev–Trinajstić information content (AvgIpc) is 3.03. The first-order valence-electron chi connectivity index (χ1n) is 8.44. The third-order valence-electron chi connectivity index (χ3n) is 4.37. The van der Waals surface area contributed by atoms with Crippen LogP contribution >= 0.6 is 11.3 Å². The highest BCUT2D eigenvalue weighted by Crippen LogP contribution is 2.22. The number of aromatic nitrogens is 1. The van der Waals surface area contributed by atoms with E-state index in [1.165, 1.54) is 23.5 Å². The number of benzene rings is 2. The molecule has 0 bridgehead atoms. The van der Waals surface area contributed by atoms with Crippen molar-refractivity contribution in [3.63, 3.8) is 0 Å². The number of hydrogen-bond donors (Lipinski definition) is 0. The van der Waals surface area contributed by atoms with E-state index in [0.717, 1.165) is 11.3 Å². The Balaban J connectivity index is 1.69. The van der Waals surface area contributed by atoms with Gasteiger partial charge >= 0.3 is 0 Å². The fraction of sp³-hybridized carbons (Fsp3) is 0.158. The van der Waals surface area contributed by atoms with Crippen LogP contribution in [0, 0.1) is 10.1 Å². The van der Waals surface area contributed by atoms with Gasteiger partial charge in [0.2, 0.25) is 0 Å². The van der Waals surface area contributed by atoms with Gasteiger partial charge in [0.05, 0.1) is 16.6 Å². The van der Waals surface area contributed by atoms with Gasteiger partial charge in [-0.15, -0.1) is 0 Å². The maximum Gasteiger partial charge on any atom is 0.271 e. The summed E-state index contributed by atoms with van der Waals surface area (Å²) < 4.78 is 7.38. The quantitative estimate of drug-likeness (QED) is 0.495. The van der Waals surface area contributed by atoms with E-state index in [2.05, 4.69) is 4.99 Å². The molecule has 1 aromatic heterocycles. The Morgan fingerprint density at radius 3 is 2.86 bits per heavy atom. The zero-order valence-electron chi connectivity index (χ0n) is 14.9. The topological polar surface area (TPSA) is 90.0 Å². The Bertz CT molecular complexity index is 1230. The van der Waals surface area contributed by atoms with Crippen molar-refractivity contribution in [2.45, 2.75) is 6.67 Å². The number of thiazole rings is 1. The number of hydrogen-bond acceptors (Lipinski definition) is 7. The lowest BCUT2D eigenvalue weighted by atomic mass is 10.2. The van der Waals surface area contributed by atoms with Gasteiger partial charge in [0.25, 0.3) is 11.2 Å². The van der Waals surface area contributed by atoms with E-state index in [9.17, 15) is 14.9 Å². The molecule has 0 saturated heterocycles. The smallest absolute Gasteiger partial charge is 0.271 e. The van der Waals surface area contributed by atoms with Crippen molar-refractivity contribution >= 4 is 28.8 Å². The van der Waals surface area contributed by atoms with Crippen molar-refractivity contribution in [2.75, 3.05) is 18.7 Å². The van der Waals surface area contributed by atoms with Crippen LogP contribution in [0.4, 0.5) is 11.4 Å². The monoisotopic (exact) mass is 396 g/mol. The second-order valence-electron chi connectivity index (χ2n) is 6.16. The molecule has 0 spiro atoms. The van der Waals surface area contributed by atoms with Crippen LogP contribution in [-0.2, 0) is 6.67 Å². The van der Waals surface area contributed by atoms with Gasteiger partial charge in [-0.25, -0.2) is 4.99 Å². The number of nitro groups is 1. The van der Waals surface area contributed by atoms with E-state index in [4.69, 9.17) is 4.74 Å². The molecule has 3 aromatic rings. The summed E-state index contributed by atoms with van der Waals surface area (Å²) in [4.78, 5) is 30.3. The van der Waals surface area contributed by atoms with Crippen LogP contribution in [0.15, 0.2) is 58.3 Å². The largest absolute Gasteiger partial charge is 0.497 e. The number of nitrogens with zero attached hydrogens (tertiary/aromatic N) is 4. The molecule has 0 unspecified atom stereocenters. The first kappa shape index (κ1) is 17.9. The summed E-state index contributed by atoms with van der Waals surface area (Å²) in [7, 11) is 1.60. The van der Waals surface area contributed by atoms with Crippen LogP contribution in [0.1, 0.15) is 5.56 Å². The minimum Gasteiger partial charge on any atom is -0.497 e. The molecular formula is C19H16N4O4S. The molecule has 0 N–H and O–H groups in total. The zero-order chi connectivity index (χ0) is 19.7. The van der Waals surface area contributed by atoms with E-state index < -0.39 is 4.92 Å². The molecule has 0 saturated carbocycles. The van der Waals surface area contributed by atoms with Crippen LogP contribution in [0.5, 0.6) is 5.75 Å². The van der Waals surface area contributed by atoms with Gasteiger partial charge in [0, 0.05) is 17.8 Å². The van der Waals surface area contributed by atoms with Gasteiger partial charge < -0.3 is 9.64 Å². The molecule has 2 aromatic carbocycles. The molecule has 0 fully saturated rings. The third-order valence-corrected chi connectivity index (χ3v) is 5.42.